The molecule has 1 saturated heterocycles. The van der Waals surface area contributed by atoms with Crippen LogP contribution in [0.5, 0.6) is 5.75 Å². The molecule has 1 N–H and O–H groups in total. The molecule has 0 saturated carbocycles. The van der Waals surface area contributed by atoms with E-state index < -0.39 is 8.32 Å². The minimum absolute atomic E-state index is 0.0973. The summed E-state index contributed by atoms with van der Waals surface area (Å²) in [5, 5.41) is 3.62. The van der Waals surface area contributed by atoms with Crippen molar-refractivity contribution in [3.8, 4) is 5.75 Å². The first-order chi connectivity index (χ1) is 16.1. The Bertz CT molecular complexity index is 943. The molecule has 2 aromatic carbocycles. The maximum absolute atomic E-state index is 12.8. The van der Waals surface area contributed by atoms with E-state index in [1.165, 1.54) is 11.1 Å². The van der Waals surface area contributed by atoms with Crippen LogP contribution in [0.3, 0.4) is 0 Å². The molecular formula is C28H43N3O2Si. The van der Waals surface area contributed by atoms with Crippen LogP contribution in [0.1, 0.15) is 62.1 Å². The molecule has 1 aliphatic heterocycles. The number of nitrogens with zero attached hydrogens (tertiary/aromatic N) is 2. The quantitative estimate of drug-likeness (QED) is 0.502. The van der Waals surface area contributed by atoms with E-state index in [2.05, 4.69) is 80.5 Å². The second-order valence-electron chi connectivity index (χ2n) is 10.7. The lowest BCUT2D eigenvalue weighted by Crippen LogP contribution is -2.45. The van der Waals surface area contributed by atoms with E-state index in [-0.39, 0.29) is 17.0 Å². The number of hydrogen-bond acceptors (Lipinski definition) is 4. The zero-order valence-electron chi connectivity index (χ0n) is 22.1. The Hall–Kier alpha value is -2.15. The van der Waals surface area contributed by atoms with Crippen molar-refractivity contribution >= 4 is 14.2 Å². The van der Waals surface area contributed by atoms with Crippen LogP contribution in [0.25, 0.3) is 0 Å². The summed E-state index contributed by atoms with van der Waals surface area (Å²) in [5.41, 5.74) is 3.20. The van der Waals surface area contributed by atoms with Crippen molar-refractivity contribution in [1.29, 1.82) is 0 Å². The molecular weight excluding hydrogens is 438 g/mol. The van der Waals surface area contributed by atoms with E-state index in [0.29, 0.717) is 0 Å². The fraction of sp³-hybridized carbons (Fsp3) is 0.536. The predicted molar refractivity (Wildman–Crippen MR) is 144 cm³/mol. The van der Waals surface area contributed by atoms with E-state index in [0.717, 1.165) is 50.6 Å². The molecule has 34 heavy (non-hydrogen) atoms. The second-order valence-corrected chi connectivity index (χ2v) is 15.4. The van der Waals surface area contributed by atoms with Gasteiger partial charge >= 0.3 is 0 Å². The van der Waals surface area contributed by atoms with Gasteiger partial charge in [0.05, 0.1) is 6.04 Å². The average molecular weight is 482 g/mol. The van der Waals surface area contributed by atoms with Crippen LogP contribution in [0.4, 0.5) is 0 Å². The van der Waals surface area contributed by atoms with Crippen molar-refractivity contribution in [3.05, 3.63) is 65.2 Å². The van der Waals surface area contributed by atoms with E-state index >= 15 is 0 Å². The molecule has 0 aliphatic carbocycles. The summed E-state index contributed by atoms with van der Waals surface area (Å²) in [6.45, 7) is 20.8. The van der Waals surface area contributed by atoms with Gasteiger partial charge in [-0.1, -0.05) is 45.0 Å². The van der Waals surface area contributed by atoms with Crippen LogP contribution in [-0.4, -0.2) is 63.3 Å². The Kier molecular flexibility index (Phi) is 8.60. The van der Waals surface area contributed by atoms with Crippen molar-refractivity contribution < 1.29 is 9.22 Å². The maximum atomic E-state index is 12.8. The topological polar surface area (TPSA) is 44.8 Å². The number of carbonyl (C=O) groups excluding carboxylic acids is 1. The molecule has 1 atom stereocenters. The van der Waals surface area contributed by atoms with Gasteiger partial charge in [0.25, 0.3) is 5.91 Å². The van der Waals surface area contributed by atoms with Crippen molar-refractivity contribution in [2.75, 3.05) is 39.3 Å². The standard InChI is InChI=1S/C28H43N3O2Si/c1-8-30(9-2)27(32)23-15-13-22(14-16-23)26(31-19-17-29-18-20-31)24-11-10-12-25(21-24)33-34(6,7)28(3,4)5/h10-16,21,26,29H,8-9,17-20H2,1-7H3. The first-order valence-electron chi connectivity index (χ1n) is 12.7. The van der Waals surface area contributed by atoms with Crippen LogP contribution in [0.15, 0.2) is 48.5 Å². The number of amides is 1. The fourth-order valence-corrected chi connectivity index (χ4v) is 5.27. The maximum Gasteiger partial charge on any atom is 0.253 e. The minimum Gasteiger partial charge on any atom is -0.543 e. The fourth-order valence-electron chi connectivity index (χ4n) is 4.25. The second kappa shape index (κ2) is 11.1. The zero-order valence-corrected chi connectivity index (χ0v) is 23.1. The van der Waals surface area contributed by atoms with Gasteiger partial charge in [-0.05, 0) is 67.4 Å². The molecule has 5 nitrogen and oxygen atoms in total. The molecule has 186 valence electrons. The van der Waals surface area contributed by atoms with E-state index in [1.807, 2.05) is 30.9 Å². The van der Waals surface area contributed by atoms with Gasteiger partial charge < -0.3 is 14.6 Å². The predicted octanol–water partition coefficient (Wildman–Crippen LogP) is 5.55. The van der Waals surface area contributed by atoms with Crippen molar-refractivity contribution in [1.82, 2.24) is 15.1 Å². The number of benzene rings is 2. The summed E-state index contributed by atoms with van der Waals surface area (Å²) in [6, 6.07) is 17.0. The largest absolute Gasteiger partial charge is 0.543 e. The summed E-state index contributed by atoms with van der Waals surface area (Å²) in [6.07, 6.45) is 0. The first-order valence-corrected chi connectivity index (χ1v) is 15.6. The molecule has 6 heteroatoms. The third kappa shape index (κ3) is 6.09. The van der Waals surface area contributed by atoms with Crippen LogP contribution in [-0.2, 0) is 0 Å². The Morgan fingerprint density at radius 1 is 1.03 bits per heavy atom. The highest BCUT2D eigenvalue weighted by Crippen LogP contribution is 2.38. The van der Waals surface area contributed by atoms with Gasteiger partial charge in [-0.25, -0.2) is 0 Å². The number of carbonyl (C=O) groups is 1. The highest BCUT2D eigenvalue weighted by Gasteiger charge is 2.39. The molecule has 1 amide bonds. The monoisotopic (exact) mass is 481 g/mol. The molecule has 0 radical (unpaired) electrons. The Labute approximate surface area is 207 Å². The highest BCUT2D eigenvalue weighted by atomic mass is 28.4. The summed E-state index contributed by atoms with van der Waals surface area (Å²) in [4.78, 5) is 17.2. The van der Waals surface area contributed by atoms with Crippen molar-refractivity contribution in [3.63, 3.8) is 0 Å². The van der Waals surface area contributed by atoms with Gasteiger partial charge in [-0.3, -0.25) is 9.69 Å². The lowest BCUT2D eigenvalue weighted by molar-refractivity contribution is 0.0773. The van der Waals surface area contributed by atoms with Crippen molar-refractivity contribution in [2.45, 2.75) is 58.8 Å². The Balaban J connectivity index is 1.94. The summed E-state index contributed by atoms with van der Waals surface area (Å²) in [7, 11) is -1.93. The number of hydrogen-bond donors (Lipinski definition) is 1. The Morgan fingerprint density at radius 3 is 2.21 bits per heavy atom. The average Bonchev–Trinajstić information content (AvgIpc) is 2.80. The van der Waals surface area contributed by atoms with Crippen molar-refractivity contribution in [2.24, 2.45) is 0 Å². The smallest absolute Gasteiger partial charge is 0.253 e. The molecule has 1 heterocycles. The van der Waals surface area contributed by atoms with Crippen LogP contribution >= 0.6 is 0 Å². The SMILES string of the molecule is CCN(CC)C(=O)c1ccc(C(c2cccc(O[Si](C)(C)C(C)(C)C)c2)N2CCNCC2)cc1. The Morgan fingerprint density at radius 2 is 1.65 bits per heavy atom. The van der Waals surface area contributed by atoms with E-state index in [4.69, 9.17) is 4.43 Å². The van der Waals surface area contributed by atoms with Gasteiger partial charge in [-0.2, -0.15) is 0 Å². The zero-order chi connectivity index (χ0) is 24.9. The third-order valence-corrected chi connectivity index (χ3v) is 11.8. The summed E-state index contributed by atoms with van der Waals surface area (Å²) in [5.74, 6) is 1.05. The van der Waals surface area contributed by atoms with Gasteiger partial charge in [0.15, 0.2) is 0 Å². The first kappa shape index (κ1) is 26.5. The normalized spacial score (nSPS) is 16.2. The summed E-state index contributed by atoms with van der Waals surface area (Å²) >= 11 is 0. The van der Waals surface area contributed by atoms with Crippen LogP contribution in [0.2, 0.25) is 18.1 Å². The molecule has 0 bridgehead atoms. The molecule has 1 unspecified atom stereocenters. The lowest BCUT2D eigenvalue weighted by Gasteiger charge is -2.38. The number of rotatable bonds is 8. The van der Waals surface area contributed by atoms with E-state index in [9.17, 15) is 4.79 Å². The van der Waals surface area contributed by atoms with Gasteiger partial charge in [-0.15, -0.1) is 0 Å². The van der Waals surface area contributed by atoms with Crippen LogP contribution in [0, 0.1) is 0 Å². The highest BCUT2D eigenvalue weighted by molar-refractivity contribution is 6.74. The molecule has 1 fully saturated rings. The van der Waals surface area contributed by atoms with Crippen LogP contribution < -0.4 is 9.74 Å². The lowest BCUT2D eigenvalue weighted by atomic mass is 9.95. The molecule has 3 rings (SSSR count). The van der Waals surface area contributed by atoms with Gasteiger partial charge in [0.2, 0.25) is 8.32 Å². The molecule has 1 aliphatic rings. The summed E-state index contributed by atoms with van der Waals surface area (Å²) < 4.78 is 6.64. The van der Waals surface area contributed by atoms with Gasteiger partial charge in [0.1, 0.15) is 5.75 Å². The van der Waals surface area contributed by atoms with E-state index in [1.54, 1.807) is 0 Å². The molecule has 2 aromatic rings. The van der Waals surface area contributed by atoms with Gasteiger partial charge in [0, 0.05) is 44.8 Å². The number of piperazine rings is 1. The number of nitrogens with one attached hydrogen (secondary N) is 1. The third-order valence-electron chi connectivity index (χ3n) is 7.39. The molecule has 0 aromatic heterocycles. The minimum atomic E-state index is -1.93. The molecule has 0 spiro atoms.